The zero-order valence-corrected chi connectivity index (χ0v) is 14.4. The van der Waals surface area contributed by atoms with Crippen molar-refractivity contribution in [2.45, 2.75) is 49.0 Å². The molecule has 1 fully saturated rings. The second kappa shape index (κ2) is 7.75. The molecular weight excluding hydrogens is 330 g/mol. The van der Waals surface area contributed by atoms with Crippen LogP contribution in [0.25, 0.3) is 0 Å². The van der Waals surface area contributed by atoms with E-state index in [1.165, 1.54) is 19.3 Å². The fraction of sp³-hybridized carbons (Fsp3) is 0.769. The lowest BCUT2D eigenvalue weighted by molar-refractivity contribution is 0.502. The molecule has 0 amide bonds. The van der Waals surface area contributed by atoms with Crippen molar-refractivity contribution in [1.82, 2.24) is 4.90 Å². The van der Waals surface area contributed by atoms with Crippen LogP contribution in [0.2, 0.25) is 0 Å². The number of allylic oxidation sites excluding steroid dienone is 1. The summed E-state index contributed by atoms with van der Waals surface area (Å²) in [7, 11) is 2.95. The van der Waals surface area contributed by atoms with Crippen molar-refractivity contribution in [2.75, 3.05) is 14.1 Å². The number of rotatable bonds is 5. The zero-order chi connectivity index (χ0) is 13.7. The molecule has 18 heavy (non-hydrogen) atoms. The Bertz CT molecular complexity index is 338. The number of hydrogen-bond acceptors (Lipinski definition) is 2. The summed E-state index contributed by atoms with van der Waals surface area (Å²) in [6.07, 6.45) is 6.50. The molecule has 0 radical (unpaired) electrons. The Kier molecular flexibility index (Phi) is 7.03. The maximum absolute atomic E-state index is 12.7. The third-order valence-electron chi connectivity index (χ3n) is 3.28. The van der Waals surface area contributed by atoms with Crippen LogP contribution in [0.5, 0.6) is 0 Å². The molecule has 0 spiro atoms. The van der Waals surface area contributed by atoms with Crippen molar-refractivity contribution in [2.24, 2.45) is 0 Å². The van der Waals surface area contributed by atoms with Crippen LogP contribution >= 0.6 is 28.1 Å². The molecule has 0 aromatic heterocycles. The summed E-state index contributed by atoms with van der Waals surface area (Å²) in [4.78, 5) is 2.68. The normalized spacial score (nSPS) is 20.2. The van der Waals surface area contributed by atoms with Gasteiger partial charge in [0.1, 0.15) is 0 Å². The van der Waals surface area contributed by atoms with Crippen LogP contribution in [-0.2, 0) is 10.8 Å². The predicted molar refractivity (Wildman–Crippen MR) is 87.8 cm³/mol. The van der Waals surface area contributed by atoms with E-state index in [0.717, 1.165) is 22.3 Å². The van der Waals surface area contributed by atoms with Crippen molar-refractivity contribution in [3.63, 3.8) is 0 Å². The van der Waals surface area contributed by atoms with Crippen molar-refractivity contribution in [1.29, 1.82) is 0 Å². The van der Waals surface area contributed by atoms with Gasteiger partial charge in [-0.05, 0) is 23.7 Å². The number of hydrogen-bond donors (Lipinski definition) is 0. The van der Waals surface area contributed by atoms with Crippen LogP contribution in [0, 0.1) is 0 Å². The van der Waals surface area contributed by atoms with Gasteiger partial charge >= 0.3 is 0 Å². The van der Waals surface area contributed by atoms with Gasteiger partial charge in [-0.1, -0.05) is 54.0 Å². The van der Waals surface area contributed by atoms with Crippen molar-refractivity contribution in [3.05, 3.63) is 11.1 Å². The van der Waals surface area contributed by atoms with Gasteiger partial charge in [0, 0.05) is 30.1 Å². The van der Waals surface area contributed by atoms with Gasteiger partial charge in [0.25, 0.3) is 0 Å². The molecule has 1 aliphatic rings. The fourth-order valence-corrected chi connectivity index (χ4v) is 5.23. The summed E-state index contributed by atoms with van der Waals surface area (Å²) in [5.41, 5.74) is 0. The molecule has 1 saturated carbocycles. The number of thiocarbonyl (C=S) groups is 1. The largest absolute Gasteiger partial charge is 0.371 e. The van der Waals surface area contributed by atoms with E-state index in [4.69, 9.17) is 12.2 Å². The van der Waals surface area contributed by atoms with Gasteiger partial charge in [0.2, 0.25) is 0 Å². The van der Waals surface area contributed by atoms with Crippen LogP contribution in [0.15, 0.2) is 11.1 Å². The van der Waals surface area contributed by atoms with Gasteiger partial charge in [0.15, 0.2) is 0 Å². The van der Waals surface area contributed by atoms with E-state index in [1.807, 2.05) is 19.0 Å². The molecule has 0 N–H and O–H groups in total. The highest BCUT2D eigenvalue weighted by atomic mass is 79.9. The van der Waals surface area contributed by atoms with E-state index < -0.39 is 10.8 Å². The van der Waals surface area contributed by atoms with Crippen LogP contribution in [0.4, 0.5) is 0 Å². The summed E-state index contributed by atoms with van der Waals surface area (Å²) in [6.45, 7) is 3.87. The predicted octanol–water partition coefficient (Wildman–Crippen LogP) is 3.62. The smallest absolute Gasteiger partial charge is 0.0936 e. The van der Waals surface area contributed by atoms with Crippen molar-refractivity contribution in [3.8, 4) is 0 Å². The minimum absolute atomic E-state index is 0.0787. The highest BCUT2D eigenvalue weighted by molar-refractivity contribution is 9.11. The summed E-state index contributed by atoms with van der Waals surface area (Å²) in [5.74, 6) is 0. The van der Waals surface area contributed by atoms with E-state index in [9.17, 15) is 4.21 Å². The van der Waals surface area contributed by atoms with Gasteiger partial charge in [-0.3, -0.25) is 4.21 Å². The van der Waals surface area contributed by atoms with E-state index in [-0.39, 0.29) is 5.25 Å². The molecule has 0 aromatic carbocycles. The van der Waals surface area contributed by atoms with E-state index in [2.05, 4.69) is 22.5 Å². The topological polar surface area (TPSA) is 20.3 Å². The first-order valence-corrected chi connectivity index (χ1v) is 8.85. The van der Waals surface area contributed by atoms with Crippen LogP contribution < -0.4 is 0 Å². The lowest BCUT2D eigenvalue weighted by Gasteiger charge is -2.29. The summed E-state index contributed by atoms with van der Waals surface area (Å²) >= 11 is 8.81. The molecule has 0 bridgehead atoms. The van der Waals surface area contributed by atoms with Gasteiger partial charge in [0.05, 0.1) is 10.2 Å². The van der Waals surface area contributed by atoms with Crippen molar-refractivity contribution >= 4 is 43.9 Å². The Labute approximate surface area is 127 Å². The monoisotopic (exact) mass is 351 g/mol. The Morgan fingerprint density at radius 1 is 1.44 bits per heavy atom. The summed E-state index contributed by atoms with van der Waals surface area (Å²) in [6, 6.07) is 0. The first kappa shape index (κ1) is 16.3. The molecule has 2 atom stereocenters. The second-order valence-corrected chi connectivity index (χ2v) is 8.46. The number of nitrogens with zero attached hydrogens (tertiary/aromatic N) is 1. The quantitative estimate of drug-likeness (QED) is 0.705. The maximum Gasteiger partial charge on any atom is 0.0936 e. The molecule has 5 heteroatoms. The maximum atomic E-state index is 12.7. The van der Waals surface area contributed by atoms with Gasteiger partial charge in [-0.25, -0.2) is 0 Å². The van der Waals surface area contributed by atoms with E-state index >= 15 is 0 Å². The molecule has 2 nitrogen and oxygen atoms in total. The minimum Gasteiger partial charge on any atom is -0.371 e. The lowest BCUT2D eigenvalue weighted by atomic mass is 10.0. The van der Waals surface area contributed by atoms with E-state index in [1.54, 1.807) is 0 Å². The zero-order valence-electron chi connectivity index (χ0n) is 11.2. The van der Waals surface area contributed by atoms with Crippen LogP contribution in [0.3, 0.4) is 0 Å². The van der Waals surface area contributed by atoms with Gasteiger partial charge in [-0.2, -0.15) is 0 Å². The molecule has 0 aliphatic heterocycles. The Morgan fingerprint density at radius 2 is 2.00 bits per heavy atom. The van der Waals surface area contributed by atoms with Crippen LogP contribution in [0.1, 0.15) is 38.5 Å². The van der Waals surface area contributed by atoms with Crippen LogP contribution in [-0.4, -0.2) is 38.7 Å². The average Bonchev–Trinajstić information content (AvgIpc) is 2.35. The first-order chi connectivity index (χ1) is 8.43. The highest BCUT2D eigenvalue weighted by Crippen LogP contribution is 2.27. The molecule has 0 heterocycles. The Morgan fingerprint density at radius 3 is 2.44 bits per heavy atom. The van der Waals surface area contributed by atoms with Gasteiger partial charge < -0.3 is 4.90 Å². The molecule has 104 valence electrons. The van der Waals surface area contributed by atoms with E-state index in [0.29, 0.717) is 11.7 Å². The summed E-state index contributed by atoms with van der Waals surface area (Å²) in [5, 5.41) is 0.235. The third kappa shape index (κ3) is 4.74. The molecule has 0 unspecified atom stereocenters. The average molecular weight is 352 g/mol. The SMILES string of the molecule is C=C(Br)C[C@@H](C(=S)N(C)C)[S@@](=O)C1CCCCC1. The summed E-state index contributed by atoms with van der Waals surface area (Å²) < 4.78 is 13.6. The molecule has 0 saturated heterocycles. The van der Waals surface area contributed by atoms with Gasteiger partial charge in [-0.15, -0.1) is 0 Å². The number of halogens is 1. The fourth-order valence-electron chi connectivity index (χ4n) is 2.29. The molecule has 1 rings (SSSR count). The Balaban J connectivity index is 2.77. The highest BCUT2D eigenvalue weighted by Gasteiger charge is 2.30. The molecule has 1 aliphatic carbocycles. The third-order valence-corrected chi connectivity index (χ3v) is 6.49. The molecular formula is C13H22BrNOS2. The molecule has 0 aromatic rings. The Hall–Kier alpha value is 0.260. The van der Waals surface area contributed by atoms with Crippen molar-refractivity contribution < 1.29 is 4.21 Å². The second-order valence-electron chi connectivity index (χ2n) is 5.03. The minimum atomic E-state index is -0.889. The standard InChI is InChI=1S/C13H22BrNOS2/c1-10(14)9-12(13(17)15(2)3)18(16)11-7-5-4-6-8-11/h11-12H,1,4-9H2,2-3H3/t12-,18-/m0/s1. The lowest BCUT2D eigenvalue weighted by Crippen LogP contribution is -2.39. The first-order valence-electron chi connectivity index (χ1n) is 6.37.